The molecular weight excluding hydrogens is 484 g/mol. The number of aliphatic carboxylic acids is 1. The predicted molar refractivity (Wildman–Crippen MR) is 130 cm³/mol. The summed E-state index contributed by atoms with van der Waals surface area (Å²) in [6.45, 7) is 0.0229. The first kappa shape index (κ1) is 23.2. The topological polar surface area (TPSA) is 115 Å². The number of fused-ring (bicyclic) bond motifs is 4. The number of hydrogen-bond donors (Lipinski definition) is 3. The van der Waals surface area contributed by atoms with Crippen molar-refractivity contribution in [3.8, 4) is 28.7 Å². The number of aromatic nitrogens is 2. The van der Waals surface area contributed by atoms with Gasteiger partial charge in [0.1, 0.15) is 23.5 Å². The molecule has 3 N–H and O–H groups in total. The van der Waals surface area contributed by atoms with E-state index in [0.29, 0.717) is 0 Å². The summed E-state index contributed by atoms with van der Waals surface area (Å²) < 4.78 is 50.0. The fraction of sp³-hybridized carbons (Fsp3) is 0.269. The van der Waals surface area contributed by atoms with Gasteiger partial charge in [-0.2, -0.15) is 5.26 Å². The van der Waals surface area contributed by atoms with Crippen molar-refractivity contribution in [1.29, 1.82) is 5.26 Å². The Kier molecular flexibility index (Phi) is 5.48. The maximum Gasteiger partial charge on any atom is 0.308 e. The molecule has 6 heterocycles. The van der Waals surface area contributed by atoms with Crippen molar-refractivity contribution in [2.24, 2.45) is 11.8 Å². The lowest BCUT2D eigenvalue weighted by atomic mass is 9.28. The van der Waals surface area contributed by atoms with E-state index in [1.165, 1.54) is 18.5 Å². The fourth-order valence-electron chi connectivity index (χ4n) is 6.14. The predicted octanol–water partition coefficient (Wildman–Crippen LogP) is 5.72. The number of carboxylic acids is 1. The Labute approximate surface area is 209 Å². The summed E-state index contributed by atoms with van der Waals surface area (Å²) in [7, 11) is 0. The molecule has 7 rings (SSSR count). The third kappa shape index (κ3) is 3.66. The summed E-state index contributed by atoms with van der Waals surface area (Å²) in [4.78, 5) is 19.3. The summed E-state index contributed by atoms with van der Waals surface area (Å²) in [6.07, 6.45) is 5.97. The van der Waals surface area contributed by atoms with Crippen LogP contribution >= 0.6 is 0 Å². The average molecular weight is 504 g/mol. The largest absolute Gasteiger partial charge is 0.481 e. The number of pyridine rings is 1. The van der Waals surface area contributed by atoms with Crippen LogP contribution in [0.4, 0.5) is 19.0 Å². The van der Waals surface area contributed by atoms with Gasteiger partial charge in [-0.15, -0.1) is 0 Å². The van der Waals surface area contributed by atoms with Gasteiger partial charge in [0.05, 0.1) is 34.5 Å². The molecule has 3 aliphatic rings. The summed E-state index contributed by atoms with van der Waals surface area (Å²) in [5.41, 5.74) is -0.152. The summed E-state index contributed by atoms with van der Waals surface area (Å²) in [5, 5.41) is 23.2. The quantitative estimate of drug-likeness (QED) is 0.300. The number of nitrogens with zero attached hydrogens (tertiary/aromatic N) is 2. The van der Waals surface area contributed by atoms with Gasteiger partial charge >= 0.3 is 5.97 Å². The number of hydrogen-bond acceptors (Lipinski definition) is 5. The van der Waals surface area contributed by atoms with Crippen LogP contribution in [0, 0.1) is 40.6 Å². The number of carbonyl (C=O) groups is 1. The number of carboxylic acid groups (broad SMARTS) is 1. The lowest BCUT2D eigenvalue weighted by Crippen LogP contribution is -2.56. The van der Waals surface area contributed by atoms with Crippen LogP contribution in [-0.4, -0.2) is 33.7 Å². The Balaban J connectivity index is 1.57. The molecule has 11 heteroatoms. The molecule has 3 saturated heterocycles. The van der Waals surface area contributed by atoms with Gasteiger partial charge < -0.3 is 19.8 Å². The van der Waals surface area contributed by atoms with E-state index in [1.807, 2.05) is 6.07 Å². The zero-order valence-electron chi connectivity index (χ0n) is 19.4. The van der Waals surface area contributed by atoms with Gasteiger partial charge in [-0.25, -0.2) is 18.2 Å². The van der Waals surface area contributed by atoms with Gasteiger partial charge in [0.25, 0.3) is 0 Å². The van der Waals surface area contributed by atoms with Gasteiger partial charge in [0.2, 0.25) is 0 Å². The normalized spacial score (nSPS) is 20.8. The van der Waals surface area contributed by atoms with E-state index >= 15 is 4.39 Å². The van der Waals surface area contributed by atoms with E-state index in [1.54, 1.807) is 6.07 Å². The van der Waals surface area contributed by atoms with Crippen molar-refractivity contribution in [2.75, 3.05) is 5.32 Å². The molecule has 7 nitrogen and oxygen atoms in total. The zero-order chi connectivity index (χ0) is 25.8. The SMILES string of the molecule is N#Cc1c(-c2c[nH]c3c(F)cc(F)cc23)nc(NC2B3CCC(CC3)C2C(=O)O)c(F)c1-c1ccco1. The molecule has 37 heavy (non-hydrogen) atoms. The van der Waals surface area contributed by atoms with Gasteiger partial charge in [0, 0.05) is 29.2 Å². The van der Waals surface area contributed by atoms with Gasteiger partial charge in [0.15, 0.2) is 18.3 Å². The molecule has 0 saturated carbocycles. The van der Waals surface area contributed by atoms with Crippen molar-refractivity contribution in [3.05, 3.63) is 59.7 Å². The van der Waals surface area contributed by atoms with Gasteiger partial charge in [-0.3, -0.25) is 4.79 Å². The Morgan fingerprint density at radius 1 is 1.27 bits per heavy atom. The van der Waals surface area contributed by atoms with Crippen molar-refractivity contribution in [3.63, 3.8) is 0 Å². The van der Waals surface area contributed by atoms with Gasteiger partial charge in [-0.1, -0.05) is 25.5 Å². The number of aromatic amines is 1. The molecule has 2 unspecified atom stereocenters. The summed E-state index contributed by atoms with van der Waals surface area (Å²) >= 11 is 0. The van der Waals surface area contributed by atoms with Crippen LogP contribution < -0.4 is 5.32 Å². The van der Waals surface area contributed by atoms with E-state index < -0.39 is 35.3 Å². The number of anilines is 1. The first-order chi connectivity index (χ1) is 17.9. The molecule has 3 aliphatic heterocycles. The Morgan fingerprint density at radius 3 is 2.73 bits per heavy atom. The Morgan fingerprint density at radius 2 is 2.05 bits per heavy atom. The molecule has 3 aromatic heterocycles. The minimum Gasteiger partial charge on any atom is -0.481 e. The molecule has 2 atom stereocenters. The van der Waals surface area contributed by atoms with Crippen LogP contribution in [0.5, 0.6) is 0 Å². The first-order valence-electron chi connectivity index (χ1n) is 12.0. The van der Waals surface area contributed by atoms with Crippen LogP contribution in [0.2, 0.25) is 12.6 Å². The number of furan rings is 1. The van der Waals surface area contributed by atoms with E-state index in [-0.39, 0.29) is 57.5 Å². The summed E-state index contributed by atoms with van der Waals surface area (Å²) in [6, 6.07) is 6.85. The van der Waals surface area contributed by atoms with Crippen LogP contribution in [0.15, 0.2) is 41.1 Å². The maximum absolute atomic E-state index is 16.1. The lowest BCUT2D eigenvalue weighted by molar-refractivity contribution is -0.144. The smallest absolute Gasteiger partial charge is 0.308 e. The first-order valence-corrected chi connectivity index (χ1v) is 12.0. The van der Waals surface area contributed by atoms with Crippen molar-refractivity contribution >= 4 is 29.4 Å². The maximum atomic E-state index is 16.1. The molecule has 0 amide bonds. The molecule has 0 spiro atoms. The fourth-order valence-corrected chi connectivity index (χ4v) is 6.14. The molecule has 3 fully saturated rings. The number of nitriles is 1. The Hall–Kier alpha value is -4.20. The van der Waals surface area contributed by atoms with Crippen molar-refractivity contribution in [1.82, 2.24) is 9.97 Å². The van der Waals surface area contributed by atoms with Crippen LogP contribution in [-0.2, 0) is 4.79 Å². The highest BCUT2D eigenvalue weighted by atomic mass is 19.1. The molecular formula is C26H20BF3N4O3. The number of H-pyrrole nitrogens is 1. The lowest BCUT2D eigenvalue weighted by Gasteiger charge is -2.45. The van der Waals surface area contributed by atoms with E-state index in [2.05, 4.69) is 15.3 Å². The van der Waals surface area contributed by atoms with Crippen LogP contribution in [0.3, 0.4) is 0 Å². The number of rotatable bonds is 5. The molecule has 2 bridgehead atoms. The minimum absolute atomic E-state index is 0.0102. The van der Waals surface area contributed by atoms with E-state index in [4.69, 9.17) is 4.42 Å². The van der Waals surface area contributed by atoms with E-state index in [0.717, 1.165) is 37.6 Å². The second kappa shape index (κ2) is 8.73. The second-order valence-corrected chi connectivity index (χ2v) is 9.68. The summed E-state index contributed by atoms with van der Waals surface area (Å²) in [5.74, 6) is -4.93. The van der Waals surface area contributed by atoms with Crippen LogP contribution in [0.1, 0.15) is 18.4 Å². The van der Waals surface area contributed by atoms with Gasteiger partial charge in [-0.05, 0) is 24.1 Å². The third-order valence-electron chi connectivity index (χ3n) is 7.79. The third-order valence-corrected chi connectivity index (χ3v) is 7.79. The van der Waals surface area contributed by atoms with E-state index in [9.17, 15) is 23.9 Å². The standard InChI is InChI=1S/C26H20BF3N4O3/c28-13-8-14-16(11-32-23(14)17(29)9-13)22-15(10-31)20(18-2-1-7-37-18)21(30)25(33-22)34-24-19(26(35)36)12-3-5-27(24)6-4-12/h1-2,7-9,11-12,19,24,32H,3-6H2,(H,33,34)(H,35,36). The highest BCUT2D eigenvalue weighted by molar-refractivity contribution is 6.62. The monoisotopic (exact) mass is 504 g/mol. The average Bonchev–Trinajstić information content (AvgIpc) is 3.56. The van der Waals surface area contributed by atoms with Crippen molar-refractivity contribution in [2.45, 2.75) is 31.4 Å². The van der Waals surface area contributed by atoms with Crippen LogP contribution in [0.25, 0.3) is 33.5 Å². The highest BCUT2D eigenvalue weighted by Crippen LogP contribution is 2.44. The molecule has 4 aromatic rings. The molecule has 0 radical (unpaired) electrons. The number of halogens is 3. The molecule has 0 aliphatic carbocycles. The number of nitrogens with one attached hydrogen (secondary N) is 2. The molecule has 1 aromatic carbocycles. The highest BCUT2D eigenvalue weighted by Gasteiger charge is 2.49. The Bertz CT molecular complexity index is 1570. The zero-order valence-corrected chi connectivity index (χ0v) is 19.4. The second-order valence-electron chi connectivity index (χ2n) is 9.68. The number of benzene rings is 1. The van der Waals surface area contributed by atoms with Crippen molar-refractivity contribution < 1.29 is 27.5 Å². The molecule has 186 valence electrons. The minimum atomic E-state index is -0.949.